The van der Waals surface area contributed by atoms with E-state index in [9.17, 15) is 35.1 Å². The second-order valence-electron chi connectivity index (χ2n) is 4.61. The van der Waals surface area contributed by atoms with E-state index in [1.165, 1.54) is 0 Å². The zero-order valence-electron chi connectivity index (χ0n) is 9.01. The van der Waals surface area contributed by atoms with Gasteiger partial charge in [0.25, 0.3) is 0 Å². The maximum atomic E-state index is 12.8. The van der Waals surface area contributed by atoms with Crippen LogP contribution < -0.4 is 5.73 Å². The van der Waals surface area contributed by atoms with Crippen LogP contribution in [-0.2, 0) is 0 Å². The van der Waals surface area contributed by atoms with Crippen LogP contribution in [0.3, 0.4) is 0 Å². The molecule has 0 atom stereocenters. The van der Waals surface area contributed by atoms with Gasteiger partial charge in [-0.05, 0) is 12.8 Å². The molecule has 0 aromatic heterocycles. The number of halogens is 8. The first kappa shape index (κ1) is 15.5. The predicted molar refractivity (Wildman–Crippen MR) is 45.9 cm³/mol. The molecule has 9 heteroatoms. The zero-order chi connectivity index (χ0) is 14.4. The van der Waals surface area contributed by atoms with Crippen molar-refractivity contribution in [2.45, 2.75) is 49.5 Å². The highest BCUT2D eigenvalue weighted by molar-refractivity contribution is 5.02. The molecule has 1 rings (SSSR count). The molecule has 1 saturated carbocycles. The van der Waals surface area contributed by atoms with Crippen LogP contribution >= 0.6 is 0 Å². The van der Waals surface area contributed by atoms with Crippen molar-refractivity contribution >= 4 is 0 Å². The summed E-state index contributed by atoms with van der Waals surface area (Å²) in [6.45, 7) is 0. The molecular formula is C9H11F8N. The van der Waals surface area contributed by atoms with E-state index < -0.39 is 55.4 Å². The SMILES string of the molecule is NC1(C(C(F)(F)F)C(F)(F)F)CCC(F)(F)CC1. The minimum absolute atomic E-state index is 1.01. The molecule has 0 unspecified atom stereocenters. The monoisotopic (exact) mass is 285 g/mol. The lowest BCUT2D eigenvalue weighted by Crippen LogP contribution is -2.61. The highest BCUT2D eigenvalue weighted by Crippen LogP contribution is 2.51. The van der Waals surface area contributed by atoms with Gasteiger partial charge in [0, 0.05) is 18.4 Å². The molecular weight excluding hydrogens is 274 g/mol. The summed E-state index contributed by atoms with van der Waals surface area (Å²) in [5.41, 5.74) is 2.41. The third kappa shape index (κ3) is 3.24. The van der Waals surface area contributed by atoms with Crippen LogP contribution in [0.5, 0.6) is 0 Å². The quantitative estimate of drug-likeness (QED) is 0.731. The van der Waals surface area contributed by atoms with Crippen LogP contribution in [0.1, 0.15) is 25.7 Å². The maximum Gasteiger partial charge on any atom is 0.402 e. The average Bonchev–Trinajstić information content (AvgIpc) is 2.06. The van der Waals surface area contributed by atoms with Gasteiger partial charge >= 0.3 is 12.4 Å². The number of hydrogen-bond acceptors (Lipinski definition) is 1. The summed E-state index contributed by atoms with van der Waals surface area (Å²) < 4.78 is 100. The minimum Gasteiger partial charge on any atom is -0.324 e. The van der Waals surface area contributed by atoms with Crippen LogP contribution in [0.15, 0.2) is 0 Å². The molecule has 0 aliphatic heterocycles. The van der Waals surface area contributed by atoms with Gasteiger partial charge in [-0.15, -0.1) is 0 Å². The Hall–Kier alpha value is -0.600. The van der Waals surface area contributed by atoms with Gasteiger partial charge in [0.1, 0.15) is 0 Å². The number of nitrogens with two attached hydrogens (primary N) is 1. The van der Waals surface area contributed by atoms with Crippen molar-refractivity contribution in [3.8, 4) is 0 Å². The molecule has 0 aromatic carbocycles. The molecule has 0 radical (unpaired) electrons. The van der Waals surface area contributed by atoms with Crippen LogP contribution in [0.2, 0.25) is 0 Å². The Labute approximate surface area is 97.3 Å². The molecule has 2 N–H and O–H groups in total. The third-order valence-electron chi connectivity index (χ3n) is 3.14. The summed E-state index contributed by atoms with van der Waals surface area (Å²) in [4.78, 5) is 0. The minimum atomic E-state index is -5.60. The summed E-state index contributed by atoms with van der Waals surface area (Å²) in [5, 5.41) is 0. The van der Waals surface area contributed by atoms with Crippen molar-refractivity contribution in [3.63, 3.8) is 0 Å². The predicted octanol–water partition coefficient (Wildman–Crippen LogP) is 3.63. The summed E-state index contributed by atoms with van der Waals surface area (Å²) in [5.74, 6) is -7.02. The van der Waals surface area contributed by atoms with Gasteiger partial charge < -0.3 is 5.73 Å². The fourth-order valence-corrected chi connectivity index (χ4v) is 2.21. The van der Waals surface area contributed by atoms with Gasteiger partial charge in [-0.1, -0.05) is 0 Å². The molecule has 1 nitrogen and oxygen atoms in total. The number of rotatable bonds is 1. The molecule has 108 valence electrons. The van der Waals surface area contributed by atoms with Crippen LogP contribution in [-0.4, -0.2) is 23.8 Å². The van der Waals surface area contributed by atoms with Crippen molar-refractivity contribution < 1.29 is 35.1 Å². The lowest BCUT2D eigenvalue weighted by atomic mass is 9.71. The topological polar surface area (TPSA) is 26.0 Å². The highest BCUT2D eigenvalue weighted by atomic mass is 19.4. The van der Waals surface area contributed by atoms with E-state index in [1.54, 1.807) is 0 Å². The Kier molecular flexibility index (Phi) is 3.61. The first-order valence-corrected chi connectivity index (χ1v) is 5.08. The molecule has 0 aromatic rings. The Bertz CT molecular complexity index is 281. The van der Waals surface area contributed by atoms with Crippen LogP contribution in [0.4, 0.5) is 35.1 Å². The number of hydrogen-bond donors (Lipinski definition) is 1. The van der Waals surface area contributed by atoms with E-state index in [2.05, 4.69) is 0 Å². The van der Waals surface area contributed by atoms with Gasteiger partial charge in [0.2, 0.25) is 5.92 Å². The number of alkyl halides is 8. The van der Waals surface area contributed by atoms with Gasteiger partial charge in [-0.3, -0.25) is 0 Å². The third-order valence-corrected chi connectivity index (χ3v) is 3.14. The van der Waals surface area contributed by atoms with Gasteiger partial charge in [-0.25, -0.2) is 8.78 Å². The van der Waals surface area contributed by atoms with Crippen molar-refractivity contribution in [1.29, 1.82) is 0 Å². The van der Waals surface area contributed by atoms with E-state index in [0.29, 0.717) is 0 Å². The van der Waals surface area contributed by atoms with Gasteiger partial charge in [-0.2, -0.15) is 26.3 Å². The molecule has 0 saturated heterocycles. The van der Waals surface area contributed by atoms with E-state index >= 15 is 0 Å². The Morgan fingerprint density at radius 3 is 1.39 bits per heavy atom. The second-order valence-corrected chi connectivity index (χ2v) is 4.61. The first-order chi connectivity index (χ1) is 7.78. The van der Waals surface area contributed by atoms with Crippen molar-refractivity contribution in [3.05, 3.63) is 0 Å². The first-order valence-electron chi connectivity index (χ1n) is 5.08. The second kappa shape index (κ2) is 4.21. The van der Waals surface area contributed by atoms with Gasteiger partial charge in [0.15, 0.2) is 5.92 Å². The lowest BCUT2D eigenvalue weighted by molar-refractivity contribution is -0.307. The molecule has 1 aliphatic carbocycles. The molecule has 0 spiro atoms. The van der Waals surface area contributed by atoms with Crippen molar-refractivity contribution in [2.75, 3.05) is 0 Å². The Morgan fingerprint density at radius 1 is 0.778 bits per heavy atom. The molecule has 0 amide bonds. The molecule has 18 heavy (non-hydrogen) atoms. The molecule has 1 fully saturated rings. The van der Waals surface area contributed by atoms with Crippen LogP contribution in [0, 0.1) is 5.92 Å². The summed E-state index contributed by atoms with van der Waals surface area (Å²) >= 11 is 0. The van der Waals surface area contributed by atoms with Crippen molar-refractivity contribution in [1.82, 2.24) is 0 Å². The average molecular weight is 285 g/mol. The van der Waals surface area contributed by atoms with Crippen molar-refractivity contribution in [2.24, 2.45) is 11.7 Å². The smallest absolute Gasteiger partial charge is 0.324 e. The molecule has 0 heterocycles. The van der Waals surface area contributed by atoms with E-state index in [-0.39, 0.29) is 0 Å². The Balaban J connectivity index is 3.01. The van der Waals surface area contributed by atoms with E-state index in [1.807, 2.05) is 0 Å². The fourth-order valence-electron chi connectivity index (χ4n) is 2.21. The highest BCUT2D eigenvalue weighted by Gasteiger charge is 2.66. The largest absolute Gasteiger partial charge is 0.402 e. The van der Waals surface area contributed by atoms with E-state index in [0.717, 1.165) is 0 Å². The lowest BCUT2D eigenvalue weighted by Gasteiger charge is -2.43. The standard InChI is InChI=1S/C9H11F8N/c10-7(11)3-1-6(18,2-4-7)5(8(12,13)14)9(15,16)17/h5H,1-4,18H2. The summed E-state index contributed by atoms with van der Waals surface area (Å²) in [7, 11) is 0. The van der Waals surface area contributed by atoms with E-state index in [4.69, 9.17) is 5.73 Å². The fraction of sp³-hybridized carbons (Fsp3) is 1.00. The zero-order valence-corrected chi connectivity index (χ0v) is 9.01. The Morgan fingerprint density at radius 2 is 1.11 bits per heavy atom. The van der Waals surface area contributed by atoms with Gasteiger partial charge in [0.05, 0.1) is 0 Å². The normalized spacial score (nSPS) is 24.3. The molecule has 0 bridgehead atoms. The maximum absolute atomic E-state index is 12.8. The van der Waals surface area contributed by atoms with Crippen LogP contribution in [0.25, 0.3) is 0 Å². The summed E-state index contributed by atoms with van der Waals surface area (Å²) in [6, 6.07) is 0. The molecule has 1 aliphatic rings. The summed E-state index contributed by atoms with van der Waals surface area (Å²) in [6.07, 6.45) is -15.3.